The highest BCUT2D eigenvalue weighted by Crippen LogP contribution is 2.39. The molecule has 5 heteroatoms. The lowest BCUT2D eigenvalue weighted by molar-refractivity contribution is 0.186. The Morgan fingerprint density at radius 2 is 2.22 bits per heavy atom. The van der Waals surface area contributed by atoms with Crippen LogP contribution < -0.4 is 10.5 Å². The van der Waals surface area contributed by atoms with Crippen molar-refractivity contribution >= 4 is 17.4 Å². The van der Waals surface area contributed by atoms with Crippen molar-refractivity contribution in [3.8, 4) is 5.75 Å². The van der Waals surface area contributed by atoms with Crippen LogP contribution in [0, 0.1) is 5.92 Å². The molecule has 1 aliphatic rings. The number of benzene rings is 1. The van der Waals surface area contributed by atoms with Gasteiger partial charge < -0.3 is 10.5 Å². The normalized spacial score (nSPS) is 22.3. The quantitative estimate of drug-likeness (QED) is 0.861. The first kappa shape index (κ1) is 11.4. The average molecular weight is 264 g/mol. The molecular formula is C13H14ClN3O. The van der Waals surface area contributed by atoms with Crippen molar-refractivity contribution in [2.75, 3.05) is 12.3 Å². The number of hydrogen-bond donors (Lipinski definition) is 1. The van der Waals surface area contributed by atoms with Crippen LogP contribution in [0.1, 0.15) is 18.5 Å². The first-order chi connectivity index (χ1) is 8.68. The Labute approximate surface area is 110 Å². The second kappa shape index (κ2) is 4.21. The summed E-state index contributed by atoms with van der Waals surface area (Å²) < 4.78 is 7.51. The summed E-state index contributed by atoms with van der Waals surface area (Å²) in [5.74, 6) is 1.69. The van der Waals surface area contributed by atoms with Crippen LogP contribution in [0.2, 0.25) is 5.02 Å². The summed E-state index contributed by atoms with van der Waals surface area (Å²) in [5.41, 5.74) is 7.08. The molecule has 0 aliphatic carbocycles. The highest BCUT2D eigenvalue weighted by molar-refractivity contribution is 6.32. The monoisotopic (exact) mass is 263 g/mol. The number of halogens is 1. The van der Waals surface area contributed by atoms with Gasteiger partial charge in [0.15, 0.2) is 0 Å². The van der Waals surface area contributed by atoms with E-state index in [1.165, 1.54) is 0 Å². The molecule has 0 fully saturated rings. The molecule has 0 amide bonds. The Balaban J connectivity index is 2.13. The zero-order valence-corrected chi connectivity index (χ0v) is 10.8. The second-order valence-electron chi connectivity index (χ2n) is 4.59. The number of hydrogen-bond acceptors (Lipinski definition) is 3. The van der Waals surface area contributed by atoms with E-state index in [-0.39, 0.29) is 12.0 Å². The van der Waals surface area contributed by atoms with Crippen LogP contribution in [0.3, 0.4) is 0 Å². The SMILES string of the molecule is CC1COc2ccccc2C1n1ncc(Cl)c1N. The van der Waals surface area contributed by atoms with Crippen LogP contribution in [0.5, 0.6) is 5.75 Å². The zero-order valence-electron chi connectivity index (χ0n) is 10.0. The van der Waals surface area contributed by atoms with Gasteiger partial charge in [0, 0.05) is 11.5 Å². The minimum Gasteiger partial charge on any atom is -0.493 e. The molecule has 0 radical (unpaired) electrons. The van der Waals surface area contributed by atoms with Crippen LogP contribution in [0.25, 0.3) is 0 Å². The van der Waals surface area contributed by atoms with Crippen molar-refractivity contribution in [3.63, 3.8) is 0 Å². The highest BCUT2D eigenvalue weighted by atomic mass is 35.5. The molecule has 2 N–H and O–H groups in total. The summed E-state index contributed by atoms with van der Waals surface area (Å²) in [4.78, 5) is 0. The van der Waals surface area contributed by atoms with E-state index in [4.69, 9.17) is 22.1 Å². The fraction of sp³-hybridized carbons (Fsp3) is 0.308. The Hall–Kier alpha value is -1.68. The molecule has 0 saturated heterocycles. The van der Waals surface area contributed by atoms with E-state index in [1.54, 1.807) is 10.9 Å². The fourth-order valence-corrected chi connectivity index (χ4v) is 2.55. The van der Waals surface area contributed by atoms with Gasteiger partial charge in [-0.15, -0.1) is 0 Å². The van der Waals surface area contributed by atoms with Crippen molar-refractivity contribution in [3.05, 3.63) is 41.0 Å². The van der Waals surface area contributed by atoms with Crippen LogP contribution in [-0.2, 0) is 0 Å². The zero-order chi connectivity index (χ0) is 12.7. The summed E-state index contributed by atoms with van der Waals surface area (Å²) in [6.45, 7) is 2.77. The molecule has 4 nitrogen and oxygen atoms in total. The third-order valence-electron chi connectivity index (χ3n) is 3.33. The highest BCUT2D eigenvalue weighted by Gasteiger charge is 2.31. The predicted octanol–water partition coefficient (Wildman–Crippen LogP) is 2.74. The van der Waals surface area contributed by atoms with Gasteiger partial charge in [0.2, 0.25) is 0 Å². The second-order valence-corrected chi connectivity index (χ2v) is 5.00. The van der Waals surface area contributed by atoms with Gasteiger partial charge in [0.25, 0.3) is 0 Å². The van der Waals surface area contributed by atoms with E-state index in [9.17, 15) is 0 Å². The first-order valence-electron chi connectivity index (χ1n) is 5.88. The maximum absolute atomic E-state index is 5.98. The molecule has 1 aromatic carbocycles. The predicted molar refractivity (Wildman–Crippen MR) is 70.9 cm³/mol. The number of ether oxygens (including phenoxy) is 1. The number of para-hydroxylation sites is 1. The van der Waals surface area contributed by atoms with Crippen molar-refractivity contribution in [2.24, 2.45) is 5.92 Å². The molecule has 3 rings (SSSR count). The molecule has 1 aromatic heterocycles. The lowest BCUT2D eigenvalue weighted by Crippen LogP contribution is -2.30. The number of nitrogen functional groups attached to an aromatic ring is 1. The lowest BCUT2D eigenvalue weighted by Gasteiger charge is -2.32. The Morgan fingerprint density at radius 1 is 1.44 bits per heavy atom. The van der Waals surface area contributed by atoms with Crippen LogP contribution in [0.15, 0.2) is 30.5 Å². The minimum atomic E-state index is 0.0717. The summed E-state index contributed by atoms with van der Waals surface area (Å²) in [5, 5.41) is 4.78. The van der Waals surface area contributed by atoms with E-state index in [0.717, 1.165) is 11.3 Å². The molecular weight excluding hydrogens is 250 g/mol. The first-order valence-corrected chi connectivity index (χ1v) is 6.26. The van der Waals surface area contributed by atoms with E-state index < -0.39 is 0 Å². The summed E-state index contributed by atoms with van der Waals surface area (Å²) in [7, 11) is 0. The Kier molecular flexibility index (Phi) is 2.67. The largest absolute Gasteiger partial charge is 0.493 e. The molecule has 18 heavy (non-hydrogen) atoms. The molecule has 94 valence electrons. The molecule has 2 unspecified atom stereocenters. The maximum atomic E-state index is 5.98. The lowest BCUT2D eigenvalue weighted by atomic mass is 9.92. The van der Waals surface area contributed by atoms with Crippen LogP contribution >= 0.6 is 11.6 Å². The van der Waals surface area contributed by atoms with Gasteiger partial charge in [-0.1, -0.05) is 36.7 Å². The number of anilines is 1. The molecule has 1 aliphatic heterocycles. The number of nitrogens with zero attached hydrogens (tertiary/aromatic N) is 2. The van der Waals surface area contributed by atoms with Gasteiger partial charge in [0.05, 0.1) is 18.8 Å². The molecule has 2 atom stereocenters. The van der Waals surface area contributed by atoms with Gasteiger partial charge in [-0.05, 0) is 6.07 Å². The van der Waals surface area contributed by atoms with Crippen molar-refractivity contribution in [1.82, 2.24) is 9.78 Å². The summed E-state index contributed by atoms with van der Waals surface area (Å²) in [6.07, 6.45) is 1.59. The average Bonchev–Trinajstić information content (AvgIpc) is 2.70. The third kappa shape index (κ3) is 1.64. The molecule has 0 bridgehead atoms. The van der Waals surface area contributed by atoms with E-state index in [0.29, 0.717) is 17.4 Å². The summed E-state index contributed by atoms with van der Waals surface area (Å²) in [6, 6.07) is 8.04. The maximum Gasteiger partial charge on any atom is 0.141 e. The topological polar surface area (TPSA) is 53.1 Å². The van der Waals surface area contributed by atoms with Gasteiger partial charge in [-0.3, -0.25) is 0 Å². The number of nitrogens with two attached hydrogens (primary N) is 1. The van der Waals surface area contributed by atoms with E-state index in [1.807, 2.05) is 24.3 Å². The number of rotatable bonds is 1. The summed E-state index contributed by atoms with van der Waals surface area (Å²) >= 11 is 5.98. The molecule has 0 spiro atoms. The van der Waals surface area contributed by atoms with Gasteiger partial charge in [-0.2, -0.15) is 5.10 Å². The van der Waals surface area contributed by atoms with Gasteiger partial charge in [-0.25, -0.2) is 4.68 Å². The number of fused-ring (bicyclic) bond motifs is 1. The van der Waals surface area contributed by atoms with Gasteiger partial charge in [0.1, 0.15) is 16.6 Å². The van der Waals surface area contributed by atoms with Crippen molar-refractivity contribution in [2.45, 2.75) is 13.0 Å². The van der Waals surface area contributed by atoms with Crippen molar-refractivity contribution < 1.29 is 4.74 Å². The Morgan fingerprint density at radius 3 is 2.94 bits per heavy atom. The Bertz CT molecular complexity index is 581. The fourth-order valence-electron chi connectivity index (χ4n) is 2.42. The smallest absolute Gasteiger partial charge is 0.141 e. The standard InChI is InChI=1S/C13H14ClN3O/c1-8-7-18-11-5-3-2-4-9(11)12(8)17-13(15)10(14)6-16-17/h2-6,8,12H,7,15H2,1H3. The van der Waals surface area contributed by atoms with Crippen molar-refractivity contribution in [1.29, 1.82) is 0 Å². The van der Waals surface area contributed by atoms with E-state index >= 15 is 0 Å². The van der Waals surface area contributed by atoms with Gasteiger partial charge >= 0.3 is 0 Å². The van der Waals surface area contributed by atoms with E-state index in [2.05, 4.69) is 12.0 Å². The molecule has 2 aromatic rings. The van der Waals surface area contributed by atoms with Crippen LogP contribution in [-0.4, -0.2) is 16.4 Å². The third-order valence-corrected chi connectivity index (χ3v) is 3.62. The molecule has 2 heterocycles. The van der Waals surface area contributed by atoms with Crippen LogP contribution in [0.4, 0.5) is 5.82 Å². The molecule has 0 saturated carbocycles. The number of aromatic nitrogens is 2. The minimum absolute atomic E-state index is 0.0717.